The van der Waals surface area contributed by atoms with Gasteiger partial charge in [0.1, 0.15) is 17.1 Å². The number of carbonyl (C=O) groups is 2. The molecule has 0 aromatic carbocycles. The zero-order valence-corrected chi connectivity index (χ0v) is 14.9. The maximum atomic E-state index is 12.3. The van der Waals surface area contributed by atoms with Crippen LogP contribution in [0.1, 0.15) is 41.4 Å². The van der Waals surface area contributed by atoms with E-state index in [4.69, 9.17) is 9.47 Å². The van der Waals surface area contributed by atoms with Gasteiger partial charge in [-0.1, -0.05) is 0 Å². The third kappa shape index (κ3) is 3.84. The number of amides is 1. The van der Waals surface area contributed by atoms with Crippen molar-refractivity contribution in [2.45, 2.75) is 32.6 Å². The number of carbonyl (C=O) groups excluding carboxylic acids is 2. The van der Waals surface area contributed by atoms with Crippen LogP contribution in [0.4, 0.5) is 5.82 Å². The van der Waals surface area contributed by atoms with E-state index in [1.54, 1.807) is 26.2 Å². The van der Waals surface area contributed by atoms with Gasteiger partial charge in [0.05, 0.1) is 12.8 Å². The predicted molar refractivity (Wildman–Crippen MR) is 94.2 cm³/mol. The van der Waals surface area contributed by atoms with Crippen LogP contribution < -0.4 is 10.1 Å². The van der Waals surface area contributed by atoms with Gasteiger partial charge in [0.15, 0.2) is 6.61 Å². The summed E-state index contributed by atoms with van der Waals surface area (Å²) in [4.78, 5) is 28.6. The van der Waals surface area contributed by atoms with Gasteiger partial charge in [-0.15, -0.1) is 0 Å². The van der Waals surface area contributed by atoms with Crippen molar-refractivity contribution in [1.29, 1.82) is 0 Å². The third-order valence-corrected chi connectivity index (χ3v) is 4.24. The van der Waals surface area contributed by atoms with Crippen LogP contribution in [-0.4, -0.2) is 39.9 Å². The largest absolute Gasteiger partial charge is 0.483 e. The Bertz CT molecular complexity index is 816. The van der Waals surface area contributed by atoms with E-state index >= 15 is 0 Å². The van der Waals surface area contributed by atoms with E-state index in [1.807, 2.05) is 0 Å². The number of fused-ring (bicyclic) bond motifs is 1. The average molecular weight is 358 g/mol. The SMILES string of the molecule is CCOC(=O)c1cnn(C)c1NC(=O)COc1ccnc2c1CCCC2. The Kier molecular flexibility index (Phi) is 5.50. The molecule has 1 aliphatic rings. The molecule has 2 heterocycles. The van der Waals surface area contributed by atoms with Crippen LogP contribution in [0, 0.1) is 0 Å². The molecule has 138 valence electrons. The molecule has 2 aromatic rings. The van der Waals surface area contributed by atoms with Crippen LogP contribution in [0.2, 0.25) is 0 Å². The highest BCUT2D eigenvalue weighted by Gasteiger charge is 2.20. The summed E-state index contributed by atoms with van der Waals surface area (Å²) in [5.74, 6) is 0.0785. The summed E-state index contributed by atoms with van der Waals surface area (Å²) in [6.45, 7) is 1.80. The fourth-order valence-corrected chi connectivity index (χ4v) is 2.98. The minimum atomic E-state index is -0.528. The molecule has 26 heavy (non-hydrogen) atoms. The molecule has 1 aliphatic carbocycles. The summed E-state index contributed by atoms with van der Waals surface area (Å²) < 4.78 is 12.1. The van der Waals surface area contributed by atoms with Gasteiger partial charge >= 0.3 is 5.97 Å². The van der Waals surface area contributed by atoms with Gasteiger partial charge in [-0.05, 0) is 38.7 Å². The molecule has 0 spiro atoms. The number of hydrogen-bond donors (Lipinski definition) is 1. The summed E-state index contributed by atoms with van der Waals surface area (Å²) >= 11 is 0. The number of aromatic nitrogens is 3. The molecule has 3 rings (SSSR count). The highest BCUT2D eigenvalue weighted by Crippen LogP contribution is 2.27. The number of anilines is 1. The number of hydrogen-bond acceptors (Lipinski definition) is 6. The first-order chi connectivity index (χ1) is 12.6. The first kappa shape index (κ1) is 17.9. The second-order valence-electron chi connectivity index (χ2n) is 6.03. The van der Waals surface area contributed by atoms with Crippen molar-refractivity contribution in [3.63, 3.8) is 0 Å². The number of nitrogens with one attached hydrogen (secondary N) is 1. The summed E-state index contributed by atoms with van der Waals surface area (Å²) in [6.07, 6.45) is 7.15. The van der Waals surface area contributed by atoms with Gasteiger partial charge in [-0.2, -0.15) is 5.10 Å². The molecule has 0 unspecified atom stereocenters. The molecule has 0 saturated carbocycles. The average Bonchev–Trinajstić information content (AvgIpc) is 3.00. The molecule has 0 radical (unpaired) electrons. The number of aryl methyl sites for hydroxylation is 2. The van der Waals surface area contributed by atoms with Crippen molar-refractivity contribution in [2.24, 2.45) is 7.05 Å². The van der Waals surface area contributed by atoms with Crippen LogP contribution in [-0.2, 0) is 29.4 Å². The monoisotopic (exact) mass is 358 g/mol. The Labute approximate surface area is 151 Å². The molecule has 0 saturated heterocycles. The van der Waals surface area contributed by atoms with E-state index in [-0.39, 0.29) is 30.5 Å². The van der Waals surface area contributed by atoms with Crippen LogP contribution >= 0.6 is 0 Å². The highest BCUT2D eigenvalue weighted by atomic mass is 16.5. The number of rotatable bonds is 6. The van der Waals surface area contributed by atoms with Crippen LogP contribution in [0.5, 0.6) is 5.75 Å². The normalized spacial score (nSPS) is 13.0. The van der Waals surface area contributed by atoms with E-state index in [0.717, 1.165) is 36.9 Å². The second-order valence-corrected chi connectivity index (χ2v) is 6.03. The fourth-order valence-electron chi connectivity index (χ4n) is 2.98. The molecule has 8 heteroatoms. The van der Waals surface area contributed by atoms with Gasteiger partial charge in [0.2, 0.25) is 0 Å². The summed E-state index contributed by atoms with van der Waals surface area (Å²) in [6, 6.07) is 1.78. The zero-order chi connectivity index (χ0) is 18.5. The Hall–Kier alpha value is -2.90. The van der Waals surface area contributed by atoms with Crippen LogP contribution in [0.3, 0.4) is 0 Å². The Morgan fingerprint density at radius 1 is 1.31 bits per heavy atom. The molecular weight excluding hydrogens is 336 g/mol. The van der Waals surface area contributed by atoms with Crippen molar-refractivity contribution in [3.05, 3.63) is 35.3 Å². The Balaban J connectivity index is 1.66. The van der Waals surface area contributed by atoms with Gasteiger partial charge in [0.25, 0.3) is 5.91 Å². The van der Waals surface area contributed by atoms with Gasteiger partial charge in [0, 0.05) is 24.5 Å². The van der Waals surface area contributed by atoms with E-state index in [9.17, 15) is 9.59 Å². The minimum absolute atomic E-state index is 0.163. The highest BCUT2D eigenvalue weighted by molar-refractivity contribution is 6.00. The van der Waals surface area contributed by atoms with Crippen molar-refractivity contribution < 1.29 is 19.1 Å². The molecule has 8 nitrogen and oxygen atoms in total. The number of esters is 1. The first-order valence-electron chi connectivity index (χ1n) is 8.68. The fraction of sp³-hybridized carbons (Fsp3) is 0.444. The lowest BCUT2D eigenvalue weighted by atomic mass is 9.95. The molecule has 0 bridgehead atoms. The molecule has 1 N–H and O–H groups in total. The molecule has 2 aromatic heterocycles. The maximum absolute atomic E-state index is 12.3. The van der Waals surface area contributed by atoms with Gasteiger partial charge in [-0.3, -0.25) is 14.5 Å². The maximum Gasteiger partial charge on any atom is 0.343 e. The molecule has 1 amide bonds. The molecular formula is C18H22N4O4. The topological polar surface area (TPSA) is 95.3 Å². The van der Waals surface area contributed by atoms with Gasteiger partial charge in [-0.25, -0.2) is 4.79 Å². The molecule has 0 atom stereocenters. The van der Waals surface area contributed by atoms with E-state index in [0.29, 0.717) is 5.75 Å². The van der Waals surface area contributed by atoms with Crippen molar-refractivity contribution in [2.75, 3.05) is 18.5 Å². The lowest BCUT2D eigenvalue weighted by molar-refractivity contribution is -0.118. The predicted octanol–water partition coefficient (Wildman–Crippen LogP) is 1.89. The standard InChI is InChI=1S/C18H22N4O4/c1-3-25-18(24)13-10-20-22(2)17(13)21-16(23)11-26-15-8-9-19-14-7-5-4-6-12(14)15/h8-10H,3-7,11H2,1-2H3,(H,21,23). The van der Waals surface area contributed by atoms with Crippen LogP contribution in [0.15, 0.2) is 18.5 Å². The lowest BCUT2D eigenvalue weighted by Crippen LogP contribution is -2.23. The zero-order valence-electron chi connectivity index (χ0n) is 14.9. The van der Waals surface area contributed by atoms with Crippen LogP contribution in [0.25, 0.3) is 0 Å². The van der Waals surface area contributed by atoms with Gasteiger partial charge < -0.3 is 14.8 Å². The quantitative estimate of drug-likeness (QED) is 0.792. The first-order valence-corrected chi connectivity index (χ1v) is 8.68. The van der Waals surface area contributed by atoms with E-state index < -0.39 is 5.97 Å². The Morgan fingerprint density at radius 2 is 2.12 bits per heavy atom. The number of pyridine rings is 1. The number of nitrogens with zero attached hydrogens (tertiary/aromatic N) is 3. The summed E-state index contributed by atoms with van der Waals surface area (Å²) in [7, 11) is 1.64. The van der Waals surface area contributed by atoms with E-state index in [1.165, 1.54) is 10.9 Å². The Morgan fingerprint density at radius 3 is 2.92 bits per heavy atom. The third-order valence-electron chi connectivity index (χ3n) is 4.24. The molecule has 0 fully saturated rings. The van der Waals surface area contributed by atoms with Crippen molar-refractivity contribution in [3.8, 4) is 5.75 Å². The second kappa shape index (κ2) is 7.99. The lowest BCUT2D eigenvalue weighted by Gasteiger charge is -2.18. The van der Waals surface area contributed by atoms with E-state index in [2.05, 4.69) is 15.4 Å². The van der Waals surface area contributed by atoms with Crippen molar-refractivity contribution in [1.82, 2.24) is 14.8 Å². The van der Waals surface area contributed by atoms with Crippen molar-refractivity contribution >= 4 is 17.7 Å². The minimum Gasteiger partial charge on any atom is -0.483 e. The summed E-state index contributed by atoms with van der Waals surface area (Å²) in [5, 5.41) is 6.67. The molecule has 0 aliphatic heterocycles. The number of ether oxygens (including phenoxy) is 2. The summed E-state index contributed by atoms with van der Waals surface area (Å²) in [5.41, 5.74) is 2.34. The smallest absolute Gasteiger partial charge is 0.343 e.